The molecule has 0 spiro atoms. The zero-order valence-corrected chi connectivity index (χ0v) is 11.1. The fourth-order valence-corrected chi connectivity index (χ4v) is 2.95. The lowest BCUT2D eigenvalue weighted by molar-refractivity contribution is -0.138. The molecule has 1 aliphatic carbocycles. The fraction of sp³-hybridized carbons (Fsp3) is 0.300. The van der Waals surface area contributed by atoms with E-state index in [4.69, 9.17) is 51.5 Å². The molecule has 1 aliphatic rings. The van der Waals surface area contributed by atoms with Crippen molar-refractivity contribution in [2.24, 2.45) is 5.92 Å². The minimum absolute atomic E-state index is 0.00170. The van der Waals surface area contributed by atoms with Gasteiger partial charge in [0, 0.05) is 5.92 Å². The van der Waals surface area contributed by atoms with Crippen molar-refractivity contribution in [3.8, 4) is 0 Å². The van der Waals surface area contributed by atoms with Crippen molar-refractivity contribution < 1.29 is 14.3 Å². The normalized spacial score (nSPS) is 25.7. The smallest absolute Gasteiger partial charge is 0.310 e. The van der Waals surface area contributed by atoms with Crippen molar-refractivity contribution in [1.82, 2.24) is 0 Å². The second-order valence-corrected chi connectivity index (χ2v) is 6.00. The summed E-state index contributed by atoms with van der Waals surface area (Å²) in [5.74, 6) is -3.52. The van der Waals surface area contributed by atoms with Gasteiger partial charge in [-0.1, -0.05) is 46.4 Å². The Hall–Kier alpha value is -0.220. The van der Waals surface area contributed by atoms with Gasteiger partial charge >= 0.3 is 5.97 Å². The lowest BCUT2D eigenvalue weighted by Crippen LogP contribution is -2.03. The summed E-state index contributed by atoms with van der Waals surface area (Å²) < 4.78 is 11.9. The summed E-state index contributed by atoms with van der Waals surface area (Å²) in [5.41, 5.74) is 0.328. The number of hydrogen-bond acceptors (Lipinski definition) is 1. The molecule has 0 heterocycles. The predicted molar refractivity (Wildman–Crippen MR) is 64.7 cm³/mol. The molecule has 7 heteroatoms. The molecule has 0 aromatic heterocycles. The quantitative estimate of drug-likeness (QED) is 0.658. The van der Waals surface area contributed by atoms with E-state index >= 15 is 0 Å². The summed E-state index contributed by atoms with van der Waals surface area (Å²) in [7, 11) is 0. The fourth-order valence-electron chi connectivity index (χ4n) is 1.80. The summed E-state index contributed by atoms with van der Waals surface area (Å²) >= 11 is 22.9. The molecule has 2 atom stereocenters. The molecule has 1 saturated carbocycles. The lowest BCUT2D eigenvalue weighted by atomic mass is 10.1. The van der Waals surface area contributed by atoms with E-state index in [0.717, 1.165) is 6.07 Å². The Kier molecular flexibility index (Phi) is 3.24. The van der Waals surface area contributed by atoms with Gasteiger partial charge in [0.15, 0.2) is 0 Å². The van der Waals surface area contributed by atoms with Crippen molar-refractivity contribution in [2.45, 2.75) is 10.3 Å². The van der Waals surface area contributed by atoms with Gasteiger partial charge in [-0.2, -0.15) is 0 Å². The first-order valence-electron chi connectivity index (χ1n) is 4.52. The zero-order chi connectivity index (χ0) is 13.0. The molecule has 2 nitrogen and oxygen atoms in total. The Morgan fingerprint density at radius 3 is 2.35 bits per heavy atom. The largest absolute Gasteiger partial charge is 0.481 e. The van der Waals surface area contributed by atoms with E-state index in [-0.39, 0.29) is 10.0 Å². The van der Waals surface area contributed by atoms with Crippen LogP contribution in [0.2, 0.25) is 10.0 Å². The van der Waals surface area contributed by atoms with Crippen molar-refractivity contribution >= 4 is 52.4 Å². The van der Waals surface area contributed by atoms with Gasteiger partial charge in [0.2, 0.25) is 0 Å². The minimum atomic E-state index is -1.44. The van der Waals surface area contributed by atoms with Gasteiger partial charge in [0.25, 0.3) is 0 Å². The van der Waals surface area contributed by atoms with Crippen LogP contribution in [-0.2, 0) is 4.79 Å². The number of aliphatic carboxylic acids is 1. The van der Waals surface area contributed by atoms with Crippen LogP contribution in [0, 0.1) is 11.7 Å². The van der Waals surface area contributed by atoms with Crippen LogP contribution >= 0.6 is 46.4 Å². The Morgan fingerprint density at radius 1 is 1.35 bits per heavy atom. The molecule has 0 saturated heterocycles. The van der Waals surface area contributed by atoms with Crippen molar-refractivity contribution in [1.29, 1.82) is 0 Å². The van der Waals surface area contributed by atoms with Crippen LogP contribution in [0.3, 0.4) is 0 Å². The van der Waals surface area contributed by atoms with Gasteiger partial charge < -0.3 is 5.11 Å². The monoisotopic (exact) mass is 316 g/mol. The number of carbonyl (C=O) groups is 1. The summed E-state index contributed by atoms with van der Waals surface area (Å²) in [6, 6.07) is 2.47. The molecule has 1 aromatic carbocycles. The molecule has 1 aromatic rings. The molecule has 0 unspecified atom stereocenters. The average Bonchev–Trinajstić information content (AvgIpc) is 2.77. The minimum Gasteiger partial charge on any atom is -0.481 e. The average molecular weight is 318 g/mol. The summed E-state index contributed by atoms with van der Waals surface area (Å²) in [4.78, 5) is 10.9. The summed E-state index contributed by atoms with van der Waals surface area (Å²) in [6.45, 7) is 0. The van der Waals surface area contributed by atoms with E-state index < -0.39 is 28.0 Å². The first kappa shape index (κ1) is 13.2. The third-order valence-electron chi connectivity index (χ3n) is 2.68. The van der Waals surface area contributed by atoms with Crippen LogP contribution in [0.1, 0.15) is 11.5 Å². The molecule has 0 radical (unpaired) electrons. The van der Waals surface area contributed by atoms with Gasteiger partial charge in [-0.25, -0.2) is 4.39 Å². The van der Waals surface area contributed by atoms with E-state index in [1.165, 1.54) is 6.07 Å². The highest BCUT2D eigenvalue weighted by atomic mass is 35.5. The maximum Gasteiger partial charge on any atom is 0.310 e. The van der Waals surface area contributed by atoms with Gasteiger partial charge in [0.1, 0.15) is 10.2 Å². The zero-order valence-electron chi connectivity index (χ0n) is 8.05. The highest BCUT2D eigenvalue weighted by Gasteiger charge is 2.68. The number of hydrogen-bond donors (Lipinski definition) is 1. The van der Waals surface area contributed by atoms with Crippen LogP contribution in [0.25, 0.3) is 0 Å². The first-order valence-corrected chi connectivity index (χ1v) is 6.03. The molecule has 17 heavy (non-hydrogen) atoms. The topological polar surface area (TPSA) is 37.3 Å². The van der Waals surface area contributed by atoms with Crippen LogP contribution < -0.4 is 0 Å². The predicted octanol–water partition coefficient (Wildman–Crippen LogP) is 4.10. The van der Waals surface area contributed by atoms with E-state index in [9.17, 15) is 9.18 Å². The Bertz CT molecular complexity index is 480. The lowest BCUT2D eigenvalue weighted by Gasteiger charge is -2.04. The molecule has 2 rings (SSSR count). The van der Waals surface area contributed by atoms with Crippen LogP contribution in [0.5, 0.6) is 0 Å². The second kappa shape index (κ2) is 4.16. The molecular formula is C10H5Cl4FO2. The standard InChI is InChI=1S/C10H5Cl4FO2/c11-4-1-3(2-5(15)8(4)12)6-7(9(16)17)10(6,13)14/h1-2,6-7H,(H,16,17)/t6-,7+/m0/s1. The molecule has 1 N–H and O–H groups in total. The van der Waals surface area contributed by atoms with E-state index in [2.05, 4.69) is 0 Å². The molecular weight excluding hydrogens is 313 g/mol. The molecule has 0 amide bonds. The Balaban J connectivity index is 2.41. The highest BCUT2D eigenvalue weighted by molar-refractivity contribution is 6.53. The third-order valence-corrected chi connectivity index (χ3v) is 4.40. The first-order chi connectivity index (χ1) is 7.76. The SMILES string of the molecule is O=C(O)[C@H]1[C@H](c2cc(F)c(Cl)c(Cl)c2)C1(Cl)Cl. The van der Waals surface area contributed by atoms with Crippen molar-refractivity contribution in [3.63, 3.8) is 0 Å². The summed E-state index contributed by atoms with van der Waals surface area (Å²) in [6.07, 6.45) is 0. The number of benzene rings is 1. The maximum atomic E-state index is 13.4. The number of carboxylic acids is 1. The van der Waals surface area contributed by atoms with Crippen LogP contribution in [0.4, 0.5) is 4.39 Å². The maximum absolute atomic E-state index is 13.4. The van der Waals surface area contributed by atoms with Gasteiger partial charge in [-0.05, 0) is 17.7 Å². The number of carboxylic acid groups (broad SMARTS) is 1. The van der Waals surface area contributed by atoms with Crippen LogP contribution in [0.15, 0.2) is 12.1 Å². The Labute approximate surface area is 116 Å². The number of halogens is 5. The van der Waals surface area contributed by atoms with Crippen molar-refractivity contribution in [3.05, 3.63) is 33.6 Å². The molecule has 1 fully saturated rings. The number of rotatable bonds is 2. The van der Waals surface area contributed by atoms with E-state index in [0.29, 0.717) is 5.56 Å². The van der Waals surface area contributed by atoms with Gasteiger partial charge in [-0.15, -0.1) is 0 Å². The summed E-state index contributed by atoms with van der Waals surface area (Å²) in [5, 5.41) is 8.68. The van der Waals surface area contributed by atoms with Crippen molar-refractivity contribution in [2.75, 3.05) is 0 Å². The Morgan fingerprint density at radius 2 is 1.94 bits per heavy atom. The highest BCUT2D eigenvalue weighted by Crippen LogP contribution is 2.65. The van der Waals surface area contributed by atoms with Gasteiger partial charge in [-0.3, -0.25) is 4.79 Å². The number of alkyl halides is 2. The molecule has 0 aliphatic heterocycles. The third kappa shape index (κ3) is 2.10. The second-order valence-electron chi connectivity index (χ2n) is 3.77. The van der Waals surface area contributed by atoms with Gasteiger partial charge in [0.05, 0.1) is 16.0 Å². The van der Waals surface area contributed by atoms with E-state index in [1.807, 2.05) is 0 Å². The van der Waals surface area contributed by atoms with E-state index in [1.54, 1.807) is 0 Å². The molecule has 92 valence electrons. The van der Waals surface area contributed by atoms with Crippen LogP contribution in [-0.4, -0.2) is 15.4 Å². The molecule has 0 bridgehead atoms.